The molecule has 0 amide bonds. The van der Waals surface area contributed by atoms with Crippen LogP contribution in [-0.2, 0) is 9.31 Å². The first-order chi connectivity index (χ1) is 9.95. The van der Waals surface area contributed by atoms with Gasteiger partial charge in [-0.2, -0.15) is 5.26 Å². The van der Waals surface area contributed by atoms with Crippen LogP contribution in [0.15, 0.2) is 12.3 Å². The average Bonchev–Trinajstić information content (AvgIpc) is 2.57. The maximum absolute atomic E-state index is 9.15. The van der Waals surface area contributed by atoms with Crippen LogP contribution in [0, 0.1) is 11.3 Å². The Bertz CT molecular complexity index is 610. The summed E-state index contributed by atoms with van der Waals surface area (Å²) in [6.07, 6.45) is 1.39. The van der Waals surface area contributed by atoms with E-state index in [-0.39, 0.29) is 11.4 Å². The van der Waals surface area contributed by atoms with Crippen LogP contribution in [0.5, 0.6) is 5.88 Å². The summed E-state index contributed by atoms with van der Waals surface area (Å²) in [7, 11) is -3.34. The molecular formula is C13H17BN2O3. The van der Waals surface area contributed by atoms with Crippen LogP contribution < -0.4 is 10.2 Å². The summed E-state index contributed by atoms with van der Waals surface area (Å²) in [5, 5.41) is 9.15. The fraction of sp³-hybridized carbons (Fsp3) is 0.538. The van der Waals surface area contributed by atoms with Gasteiger partial charge in [0.1, 0.15) is 11.6 Å². The highest BCUT2D eigenvalue weighted by Crippen LogP contribution is 2.36. The van der Waals surface area contributed by atoms with Gasteiger partial charge in [-0.1, -0.05) is 0 Å². The third-order valence-electron chi connectivity index (χ3n) is 3.61. The van der Waals surface area contributed by atoms with Crippen molar-refractivity contribution in [1.29, 1.82) is 5.26 Å². The molecule has 1 aliphatic heterocycles. The van der Waals surface area contributed by atoms with Gasteiger partial charge in [-0.3, -0.25) is 0 Å². The van der Waals surface area contributed by atoms with Crippen LogP contribution in [0.4, 0.5) is 0 Å². The zero-order valence-electron chi connectivity index (χ0n) is 14.4. The number of ether oxygens (including phenoxy) is 1. The van der Waals surface area contributed by atoms with Gasteiger partial charge in [0, 0.05) is 11.7 Å². The molecule has 0 unspecified atom stereocenters. The number of nitrogens with zero attached hydrogens (tertiary/aromatic N) is 2. The van der Waals surface area contributed by atoms with Crippen LogP contribution in [-0.4, -0.2) is 30.3 Å². The van der Waals surface area contributed by atoms with Gasteiger partial charge in [0.25, 0.3) is 0 Å². The van der Waals surface area contributed by atoms with Crippen LogP contribution in [0.25, 0.3) is 0 Å². The van der Waals surface area contributed by atoms with E-state index >= 15 is 0 Å². The van der Waals surface area contributed by atoms with Crippen LogP contribution >= 0.6 is 0 Å². The predicted octanol–water partition coefficient (Wildman–Crippen LogP) is 1.26. The fourth-order valence-electron chi connectivity index (χ4n) is 1.74. The molecular weight excluding hydrogens is 243 g/mol. The highest BCUT2D eigenvalue weighted by molar-refractivity contribution is 6.62. The van der Waals surface area contributed by atoms with E-state index < -0.39 is 25.4 Å². The molecule has 1 fully saturated rings. The van der Waals surface area contributed by atoms with Gasteiger partial charge >= 0.3 is 7.12 Å². The standard InChI is InChI=1S/C13H17BN2O3/c1-12(2)13(3,4)19-14(18-12)10-6-9(7-15)11(17-5)16-8-10/h6,8H,1-5H3/i5D3. The SMILES string of the molecule is [2H]C([2H])([2H])Oc1ncc(B2OC(C)(C)C(C)(C)O2)cc1C#N. The number of hydrogen-bond donors (Lipinski definition) is 0. The van der Waals surface area contributed by atoms with Gasteiger partial charge in [-0.05, 0) is 33.8 Å². The molecule has 1 saturated heterocycles. The Morgan fingerprint density at radius 1 is 1.37 bits per heavy atom. The van der Waals surface area contributed by atoms with Gasteiger partial charge in [-0.25, -0.2) is 4.98 Å². The minimum absolute atomic E-state index is 0.0170. The Morgan fingerprint density at radius 2 is 2.00 bits per heavy atom. The third kappa shape index (κ3) is 2.31. The third-order valence-corrected chi connectivity index (χ3v) is 3.61. The van der Waals surface area contributed by atoms with E-state index in [0.29, 0.717) is 5.46 Å². The van der Waals surface area contributed by atoms with Crippen molar-refractivity contribution in [2.75, 3.05) is 7.04 Å². The van der Waals surface area contributed by atoms with Crippen molar-refractivity contribution in [3.05, 3.63) is 17.8 Å². The summed E-state index contributed by atoms with van der Waals surface area (Å²) in [5.74, 6) is -0.234. The summed E-state index contributed by atoms with van der Waals surface area (Å²) < 4.78 is 37.7. The molecule has 0 atom stereocenters. The Kier molecular flexibility index (Phi) is 2.43. The summed E-state index contributed by atoms with van der Waals surface area (Å²) in [5.41, 5.74) is -0.479. The smallest absolute Gasteiger partial charge is 0.480 e. The van der Waals surface area contributed by atoms with E-state index in [4.69, 9.17) is 23.4 Å². The molecule has 5 nitrogen and oxygen atoms in total. The van der Waals surface area contributed by atoms with Crippen LogP contribution in [0.1, 0.15) is 37.4 Å². The van der Waals surface area contributed by atoms with Crippen LogP contribution in [0.3, 0.4) is 0 Å². The van der Waals surface area contributed by atoms with Crippen molar-refractivity contribution < 1.29 is 18.2 Å². The molecule has 1 aliphatic rings. The van der Waals surface area contributed by atoms with Gasteiger partial charge in [0.05, 0.1) is 22.4 Å². The molecule has 0 aromatic carbocycles. The quantitative estimate of drug-likeness (QED) is 0.751. The highest BCUT2D eigenvalue weighted by Gasteiger charge is 2.51. The van der Waals surface area contributed by atoms with Crippen molar-refractivity contribution in [2.24, 2.45) is 0 Å². The monoisotopic (exact) mass is 263 g/mol. The second kappa shape index (κ2) is 4.51. The zero-order valence-corrected chi connectivity index (χ0v) is 11.4. The van der Waals surface area contributed by atoms with E-state index in [2.05, 4.69) is 4.98 Å². The lowest BCUT2D eigenvalue weighted by Gasteiger charge is -2.32. The number of pyridine rings is 1. The average molecular weight is 263 g/mol. The van der Waals surface area contributed by atoms with E-state index in [1.165, 1.54) is 12.3 Å². The second-order valence-corrected chi connectivity index (χ2v) is 5.42. The Labute approximate surface area is 117 Å². The minimum atomic E-state index is -2.66. The fourth-order valence-corrected chi connectivity index (χ4v) is 1.74. The second-order valence-electron chi connectivity index (χ2n) is 5.42. The molecule has 2 heterocycles. The van der Waals surface area contributed by atoms with E-state index in [9.17, 15) is 0 Å². The van der Waals surface area contributed by atoms with Gasteiger partial charge in [-0.15, -0.1) is 0 Å². The first-order valence-corrected chi connectivity index (χ1v) is 5.90. The number of nitriles is 1. The summed E-state index contributed by atoms with van der Waals surface area (Å²) in [6.45, 7) is 7.66. The Balaban J connectivity index is 2.30. The summed E-state index contributed by atoms with van der Waals surface area (Å²) >= 11 is 0. The lowest BCUT2D eigenvalue weighted by Crippen LogP contribution is -2.41. The molecule has 0 bridgehead atoms. The molecule has 1 aromatic rings. The predicted molar refractivity (Wildman–Crippen MR) is 71.2 cm³/mol. The molecule has 2 rings (SSSR count). The molecule has 0 saturated carbocycles. The van der Waals surface area contributed by atoms with E-state index in [0.717, 1.165) is 0 Å². The Hall–Kier alpha value is -1.58. The van der Waals surface area contributed by atoms with E-state index in [1.807, 2.05) is 33.8 Å². The van der Waals surface area contributed by atoms with Crippen molar-refractivity contribution in [3.8, 4) is 11.9 Å². The molecule has 19 heavy (non-hydrogen) atoms. The van der Waals surface area contributed by atoms with Crippen molar-refractivity contribution in [2.45, 2.75) is 38.9 Å². The molecule has 1 aromatic heterocycles. The summed E-state index contributed by atoms with van der Waals surface area (Å²) in [4.78, 5) is 3.91. The number of aromatic nitrogens is 1. The molecule has 0 radical (unpaired) electrons. The molecule has 0 spiro atoms. The minimum Gasteiger partial charge on any atom is -0.480 e. The maximum atomic E-state index is 9.15. The molecule has 100 valence electrons. The van der Waals surface area contributed by atoms with Gasteiger partial charge < -0.3 is 14.0 Å². The van der Waals surface area contributed by atoms with Crippen molar-refractivity contribution in [3.63, 3.8) is 0 Å². The topological polar surface area (TPSA) is 64.4 Å². The molecule has 0 aliphatic carbocycles. The summed E-state index contributed by atoms with van der Waals surface area (Å²) in [6, 6.07) is 3.34. The Morgan fingerprint density at radius 3 is 2.53 bits per heavy atom. The molecule has 0 N–H and O–H groups in total. The van der Waals surface area contributed by atoms with E-state index in [1.54, 1.807) is 0 Å². The van der Waals surface area contributed by atoms with Crippen LogP contribution in [0.2, 0.25) is 0 Å². The first-order valence-electron chi connectivity index (χ1n) is 7.40. The van der Waals surface area contributed by atoms with Gasteiger partial charge in [0.2, 0.25) is 5.88 Å². The lowest BCUT2D eigenvalue weighted by atomic mass is 9.80. The number of methoxy groups -OCH3 is 1. The van der Waals surface area contributed by atoms with Crippen molar-refractivity contribution >= 4 is 12.6 Å². The first kappa shape index (κ1) is 10.2. The largest absolute Gasteiger partial charge is 0.496 e. The zero-order chi connectivity index (χ0) is 16.8. The number of rotatable bonds is 2. The lowest BCUT2D eigenvalue weighted by molar-refractivity contribution is 0.00578. The van der Waals surface area contributed by atoms with Crippen molar-refractivity contribution in [1.82, 2.24) is 4.98 Å². The highest BCUT2D eigenvalue weighted by atomic mass is 16.7. The normalized spacial score (nSPS) is 23.1. The van der Waals surface area contributed by atoms with Gasteiger partial charge in [0.15, 0.2) is 0 Å². The maximum Gasteiger partial charge on any atom is 0.496 e. The molecule has 6 heteroatoms. The number of hydrogen-bond acceptors (Lipinski definition) is 5.